The minimum absolute atomic E-state index is 0.110. The molecule has 1 aliphatic heterocycles. The molecule has 0 fully saturated rings. The van der Waals surface area contributed by atoms with E-state index in [0.29, 0.717) is 22.8 Å². The number of hydrogen-bond donors (Lipinski definition) is 1. The Balaban J connectivity index is 1.82. The van der Waals surface area contributed by atoms with E-state index in [4.69, 9.17) is 5.84 Å². The van der Waals surface area contributed by atoms with Crippen molar-refractivity contribution >= 4 is 28.5 Å². The summed E-state index contributed by atoms with van der Waals surface area (Å²) in [5.41, 5.74) is 5.25. The van der Waals surface area contributed by atoms with Crippen molar-refractivity contribution in [3.05, 3.63) is 75.9 Å². The van der Waals surface area contributed by atoms with Crippen LogP contribution < -0.4 is 5.84 Å². The maximum Gasteiger partial charge on any atom is 0.262 e. The highest BCUT2D eigenvalue weighted by Crippen LogP contribution is 2.39. The highest BCUT2D eigenvalue weighted by Gasteiger charge is 2.39. The van der Waals surface area contributed by atoms with Crippen molar-refractivity contribution in [2.75, 3.05) is 0 Å². The molecule has 7 heteroatoms. The van der Waals surface area contributed by atoms with Crippen molar-refractivity contribution < 1.29 is 4.79 Å². The summed E-state index contributed by atoms with van der Waals surface area (Å²) in [5, 5.41) is 12.3. The Kier molecular flexibility index (Phi) is 3.55. The molecule has 118 valence electrons. The van der Waals surface area contributed by atoms with Crippen LogP contribution in [0.4, 0.5) is 0 Å². The first-order valence-electron chi connectivity index (χ1n) is 7.33. The van der Waals surface area contributed by atoms with Crippen molar-refractivity contribution in [2.45, 2.75) is 6.54 Å². The normalized spacial score (nSPS) is 18.3. The van der Waals surface area contributed by atoms with Gasteiger partial charge < -0.3 is 10.7 Å². The predicted molar refractivity (Wildman–Crippen MR) is 92.7 cm³/mol. The number of nitrogens with two attached hydrogens (primary N) is 1. The first kappa shape index (κ1) is 14.5. The van der Waals surface area contributed by atoms with Crippen LogP contribution in [-0.4, -0.2) is 26.7 Å². The number of rotatable bonds is 3. The lowest BCUT2D eigenvalue weighted by Gasteiger charge is -2.21. The van der Waals surface area contributed by atoms with Crippen molar-refractivity contribution in [3.8, 4) is 0 Å². The summed E-state index contributed by atoms with van der Waals surface area (Å²) in [6, 6.07) is 9.85. The topological polar surface area (TPSA) is 84.5 Å². The van der Waals surface area contributed by atoms with Gasteiger partial charge in [0.1, 0.15) is 5.51 Å². The molecule has 0 atom stereocenters. The van der Waals surface area contributed by atoms with E-state index in [1.807, 2.05) is 42.5 Å². The van der Waals surface area contributed by atoms with Gasteiger partial charge in [0.15, 0.2) is 5.01 Å². The second kappa shape index (κ2) is 5.86. The van der Waals surface area contributed by atoms with Gasteiger partial charge in [0.05, 0.1) is 23.5 Å². The molecular formula is C17H13N5OS. The zero-order valence-electron chi connectivity index (χ0n) is 12.6. The lowest BCUT2D eigenvalue weighted by molar-refractivity contribution is -0.122. The van der Waals surface area contributed by atoms with Gasteiger partial charge in [0.2, 0.25) is 0 Å². The predicted octanol–water partition coefficient (Wildman–Crippen LogP) is 2.10. The molecule has 0 saturated heterocycles. The van der Waals surface area contributed by atoms with Crippen LogP contribution in [0.1, 0.15) is 10.6 Å². The quantitative estimate of drug-likeness (QED) is 0.688. The number of benzene rings is 1. The second-order valence-electron chi connectivity index (χ2n) is 5.30. The minimum atomic E-state index is -0.110. The summed E-state index contributed by atoms with van der Waals surface area (Å²) in [5.74, 6) is 5.42. The number of hydrogen-bond acceptors (Lipinski definition) is 6. The van der Waals surface area contributed by atoms with Gasteiger partial charge in [-0.3, -0.25) is 4.79 Å². The van der Waals surface area contributed by atoms with Gasteiger partial charge in [-0.05, 0) is 17.7 Å². The monoisotopic (exact) mass is 335 g/mol. The molecule has 1 aromatic heterocycles. The molecule has 1 amide bonds. The molecule has 0 spiro atoms. The van der Waals surface area contributed by atoms with Crippen LogP contribution in [0.5, 0.6) is 0 Å². The molecule has 2 aromatic rings. The van der Waals surface area contributed by atoms with Crippen LogP contribution in [0.3, 0.4) is 0 Å². The molecular weight excluding hydrogens is 322 g/mol. The van der Waals surface area contributed by atoms with Gasteiger partial charge in [-0.25, -0.2) is 0 Å². The Morgan fingerprint density at radius 2 is 2.04 bits per heavy atom. The highest BCUT2D eigenvalue weighted by atomic mass is 32.1. The van der Waals surface area contributed by atoms with Gasteiger partial charge in [-0.2, -0.15) is 5.10 Å². The van der Waals surface area contributed by atoms with E-state index in [-0.39, 0.29) is 5.91 Å². The fraction of sp³-hybridized carbons (Fsp3) is 0.0588. The molecule has 4 rings (SSSR count). The van der Waals surface area contributed by atoms with Crippen LogP contribution in [0, 0.1) is 0 Å². The summed E-state index contributed by atoms with van der Waals surface area (Å²) in [6.07, 6.45) is 5.54. The maximum absolute atomic E-state index is 13.1. The summed E-state index contributed by atoms with van der Waals surface area (Å²) in [6.45, 7) is 0.475. The molecule has 0 unspecified atom stereocenters. The number of nitrogens with zero attached hydrogens (tertiary/aromatic N) is 4. The number of aromatic nitrogens is 2. The molecule has 1 aliphatic carbocycles. The van der Waals surface area contributed by atoms with E-state index in [2.05, 4.69) is 15.3 Å². The Hall–Kier alpha value is -3.06. The Morgan fingerprint density at radius 1 is 1.21 bits per heavy atom. The molecule has 2 aliphatic rings. The van der Waals surface area contributed by atoms with E-state index in [9.17, 15) is 4.79 Å². The van der Waals surface area contributed by atoms with E-state index < -0.39 is 0 Å². The first-order valence-corrected chi connectivity index (χ1v) is 8.21. The number of carbonyl (C=O) groups excluding carboxylic acids is 1. The smallest absolute Gasteiger partial charge is 0.262 e. The van der Waals surface area contributed by atoms with Crippen LogP contribution in [0.2, 0.25) is 0 Å². The maximum atomic E-state index is 13.1. The third kappa shape index (κ3) is 2.26. The largest absolute Gasteiger partial charge is 0.323 e. The minimum Gasteiger partial charge on any atom is -0.323 e. The zero-order chi connectivity index (χ0) is 16.5. The first-order chi connectivity index (χ1) is 11.8. The molecule has 0 bridgehead atoms. The molecule has 2 heterocycles. The second-order valence-corrected chi connectivity index (χ2v) is 6.13. The fourth-order valence-electron chi connectivity index (χ4n) is 2.87. The molecule has 6 nitrogen and oxygen atoms in total. The van der Waals surface area contributed by atoms with Gasteiger partial charge in [0.25, 0.3) is 5.91 Å². The van der Waals surface area contributed by atoms with Crippen molar-refractivity contribution in [2.24, 2.45) is 10.9 Å². The van der Waals surface area contributed by atoms with E-state index in [0.717, 1.165) is 16.8 Å². The molecule has 2 N–H and O–H groups in total. The summed E-state index contributed by atoms with van der Waals surface area (Å²) < 4.78 is 0. The number of fused-ring (bicyclic) bond motifs is 1. The van der Waals surface area contributed by atoms with E-state index >= 15 is 0 Å². The summed E-state index contributed by atoms with van der Waals surface area (Å²) in [4.78, 5) is 14.8. The van der Waals surface area contributed by atoms with E-state index in [1.165, 1.54) is 11.3 Å². The molecule has 1 aromatic carbocycles. The van der Waals surface area contributed by atoms with Crippen LogP contribution in [0.25, 0.3) is 5.57 Å². The average molecular weight is 335 g/mol. The Morgan fingerprint density at radius 3 is 2.75 bits per heavy atom. The van der Waals surface area contributed by atoms with Gasteiger partial charge in [0, 0.05) is 5.57 Å². The highest BCUT2D eigenvalue weighted by molar-refractivity contribution is 7.10. The number of allylic oxidation sites excluding steroid dienone is 4. The van der Waals surface area contributed by atoms with Crippen molar-refractivity contribution in [1.29, 1.82) is 0 Å². The number of hydrazone groups is 1. The standard InChI is InChI=1S/C17H13N5OS/c18-20-12-7-4-8-13-14(12)15(16-21-19-10-24-16)17(23)22(13)9-11-5-2-1-3-6-11/h1-8,10H,9,18H2. The third-order valence-electron chi connectivity index (χ3n) is 3.92. The lowest BCUT2D eigenvalue weighted by Crippen LogP contribution is -2.26. The summed E-state index contributed by atoms with van der Waals surface area (Å²) in [7, 11) is 0. The molecule has 0 saturated carbocycles. The van der Waals surface area contributed by atoms with Gasteiger partial charge in [-0.15, -0.1) is 10.2 Å². The van der Waals surface area contributed by atoms with Crippen molar-refractivity contribution in [1.82, 2.24) is 15.1 Å². The van der Waals surface area contributed by atoms with E-state index in [1.54, 1.807) is 16.5 Å². The zero-order valence-corrected chi connectivity index (χ0v) is 13.4. The average Bonchev–Trinajstić information content (AvgIpc) is 3.23. The van der Waals surface area contributed by atoms with Crippen LogP contribution in [0.15, 0.2) is 70.4 Å². The Bertz CT molecular complexity index is 910. The summed E-state index contributed by atoms with van der Waals surface area (Å²) >= 11 is 1.33. The fourth-order valence-corrected chi connectivity index (χ4v) is 3.47. The van der Waals surface area contributed by atoms with Crippen molar-refractivity contribution in [3.63, 3.8) is 0 Å². The Labute approximate surface area is 142 Å². The number of carbonyl (C=O) groups is 1. The van der Waals surface area contributed by atoms with Crippen LogP contribution in [-0.2, 0) is 11.3 Å². The van der Waals surface area contributed by atoms with Gasteiger partial charge >= 0.3 is 0 Å². The van der Waals surface area contributed by atoms with Crippen LogP contribution >= 0.6 is 11.3 Å². The SMILES string of the molecule is NN=C1C=CC=C2C1=C(c1nncs1)C(=O)N2Cc1ccccc1. The lowest BCUT2D eigenvalue weighted by atomic mass is 9.99. The third-order valence-corrected chi connectivity index (χ3v) is 4.63. The molecule has 24 heavy (non-hydrogen) atoms. The molecule has 0 radical (unpaired) electrons. The van der Waals surface area contributed by atoms with Gasteiger partial charge in [-0.1, -0.05) is 47.7 Å². The number of amides is 1.